The Bertz CT molecular complexity index is 439. The third kappa shape index (κ3) is 1.90. The van der Waals surface area contributed by atoms with Crippen LogP contribution in [0.15, 0.2) is 30.7 Å². The maximum atomic E-state index is 5.67. The number of anilines is 1. The van der Waals surface area contributed by atoms with Gasteiger partial charge in [0, 0.05) is 12.4 Å². The minimum absolute atomic E-state index is 0.537. The Morgan fingerprint density at radius 3 is 3.07 bits per heavy atom. The number of nitrogens with zero attached hydrogens (tertiary/aromatic N) is 3. The van der Waals surface area contributed by atoms with E-state index < -0.39 is 0 Å². The lowest BCUT2D eigenvalue weighted by Crippen LogP contribution is -2.04. The van der Waals surface area contributed by atoms with Crippen molar-refractivity contribution >= 4 is 5.69 Å². The molecule has 0 saturated carbocycles. The molecule has 5 heteroatoms. The molecule has 0 radical (unpaired) electrons. The van der Waals surface area contributed by atoms with Crippen LogP contribution in [0.1, 0.15) is 6.92 Å². The number of rotatable bonds is 3. The first kappa shape index (κ1) is 9.51. The molecule has 5 nitrogen and oxygen atoms in total. The number of hydrogen-bond acceptors (Lipinski definition) is 4. The second-order valence-electron chi connectivity index (χ2n) is 2.98. The smallest absolute Gasteiger partial charge is 0.240 e. The number of nitrogen functional groups attached to an aromatic ring is 1. The maximum absolute atomic E-state index is 5.67. The molecule has 0 spiro atoms. The third-order valence-corrected chi connectivity index (χ3v) is 1.89. The van der Waals surface area contributed by atoms with Crippen LogP contribution in [0, 0.1) is 0 Å². The van der Waals surface area contributed by atoms with Crippen molar-refractivity contribution in [2.75, 3.05) is 12.3 Å². The summed E-state index contributed by atoms with van der Waals surface area (Å²) < 4.78 is 7.06. The van der Waals surface area contributed by atoms with Gasteiger partial charge < -0.3 is 10.5 Å². The molecule has 0 unspecified atom stereocenters. The third-order valence-electron chi connectivity index (χ3n) is 1.89. The van der Waals surface area contributed by atoms with Gasteiger partial charge in [-0.15, -0.1) is 0 Å². The molecule has 2 rings (SSSR count). The molecule has 0 fully saturated rings. The van der Waals surface area contributed by atoms with Crippen molar-refractivity contribution < 1.29 is 4.74 Å². The molecule has 0 aliphatic heterocycles. The van der Waals surface area contributed by atoms with Gasteiger partial charge in [-0.05, 0) is 19.1 Å². The van der Waals surface area contributed by atoms with Crippen LogP contribution in [0.4, 0.5) is 5.69 Å². The Balaban J connectivity index is 2.47. The maximum Gasteiger partial charge on any atom is 0.240 e. The predicted octanol–water partition coefficient (Wildman–Crippen LogP) is 1.25. The summed E-state index contributed by atoms with van der Waals surface area (Å²) in [4.78, 5) is 4.12. The molecule has 78 valence electrons. The SMILES string of the molecule is CCOc1ncc(N)cc1-n1cccn1. The predicted molar refractivity (Wildman–Crippen MR) is 56.9 cm³/mol. The van der Waals surface area contributed by atoms with E-state index >= 15 is 0 Å². The number of aromatic nitrogens is 3. The van der Waals surface area contributed by atoms with Crippen molar-refractivity contribution in [2.24, 2.45) is 0 Å². The highest BCUT2D eigenvalue weighted by molar-refractivity contribution is 5.51. The van der Waals surface area contributed by atoms with E-state index in [1.165, 1.54) is 0 Å². The van der Waals surface area contributed by atoms with Gasteiger partial charge in [-0.25, -0.2) is 9.67 Å². The van der Waals surface area contributed by atoms with Gasteiger partial charge >= 0.3 is 0 Å². The molecule has 2 N–H and O–H groups in total. The molecule has 0 saturated heterocycles. The topological polar surface area (TPSA) is 66.0 Å². The van der Waals surface area contributed by atoms with Gasteiger partial charge in [0.05, 0.1) is 18.5 Å². The van der Waals surface area contributed by atoms with E-state index in [0.717, 1.165) is 5.69 Å². The van der Waals surface area contributed by atoms with Crippen LogP contribution in [-0.4, -0.2) is 21.4 Å². The number of pyridine rings is 1. The average Bonchev–Trinajstić information content (AvgIpc) is 2.74. The lowest BCUT2D eigenvalue weighted by Gasteiger charge is -2.09. The first-order valence-corrected chi connectivity index (χ1v) is 4.69. The minimum Gasteiger partial charge on any atom is -0.476 e. The number of hydrogen-bond donors (Lipinski definition) is 1. The van der Waals surface area contributed by atoms with E-state index in [2.05, 4.69) is 10.1 Å². The second-order valence-corrected chi connectivity index (χ2v) is 2.98. The summed E-state index contributed by atoms with van der Waals surface area (Å²) >= 11 is 0. The van der Waals surface area contributed by atoms with Gasteiger partial charge in [0.2, 0.25) is 5.88 Å². The van der Waals surface area contributed by atoms with Crippen molar-refractivity contribution in [3.05, 3.63) is 30.7 Å². The van der Waals surface area contributed by atoms with Crippen LogP contribution in [0.3, 0.4) is 0 Å². The molecule has 0 aliphatic rings. The molecule has 0 amide bonds. The highest BCUT2D eigenvalue weighted by atomic mass is 16.5. The van der Waals surface area contributed by atoms with Crippen molar-refractivity contribution in [3.8, 4) is 11.6 Å². The van der Waals surface area contributed by atoms with Gasteiger partial charge in [-0.1, -0.05) is 0 Å². The number of ether oxygens (including phenoxy) is 1. The molecule has 0 atom stereocenters. The summed E-state index contributed by atoms with van der Waals surface area (Å²) in [5, 5.41) is 4.11. The first-order valence-electron chi connectivity index (χ1n) is 4.69. The minimum atomic E-state index is 0.537. The van der Waals surface area contributed by atoms with E-state index in [1.54, 1.807) is 23.1 Å². The van der Waals surface area contributed by atoms with E-state index in [9.17, 15) is 0 Å². The zero-order valence-electron chi connectivity index (χ0n) is 8.42. The van der Waals surface area contributed by atoms with Crippen LogP contribution in [0.5, 0.6) is 5.88 Å². The zero-order valence-corrected chi connectivity index (χ0v) is 8.42. The largest absolute Gasteiger partial charge is 0.476 e. The Morgan fingerprint density at radius 2 is 2.40 bits per heavy atom. The van der Waals surface area contributed by atoms with E-state index in [-0.39, 0.29) is 0 Å². The highest BCUT2D eigenvalue weighted by Crippen LogP contribution is 2.21. The summed E-state index contributed by atoms with van der Waals surface area (Å²) in [7, 11) is 0. The molecular formula is C10H12N4O. The van der Waals surface area contributed by atoms with E-state index in [4.69, 9.17) is 10.5 Å². The molecule has 0 aliphatic carbocycles. The molecular weight excluding hydrogens is 192 g/mol. The van der Waals surface area contributed by atoms with Gasteiger partial charge in [0.15, 0.2) is 0 Å². The molecule has 15 heavy (non-hydrogen) atoms. The zero-order chi connectivity index (χ0) is 10.7. The lowest BCUT2D eigenvalue weighted by atomic mass is 10.3. The fourth-order valence-corrected chi connectivity index (χ4v) is 1.28. The van der Waals surface area contributed by atoms with Crippen molar-refractivity contribution in [1.82, 2.24) is 14.8 Å². The van der Waals surface area contributed by atoms with Crippen LogP contribution in [-0.2, 0) is 0 Å². The van der Waals surface area contributed by atoms with Crippen LogP contribution in [0.25, 0.3) is 5.69 Å². The molecule has 2 aromatic heterocycles. The van der Waals surface area contributed by atoms with Crippen molar-refractivity contribution in [2.45, 2.75) is 6.92 Å². The van der Waals surface area contributed by atoms with Crippen LogP contribution < -0.4 is 10.5 Å². The van der Waals surface area contributed by atoms with Gasteiger partial charge in [0.1, 0.15) is 5.69 Å². The summed E-state index contributed by atoms with van der Waals surface area (Å²) in [6.07, 6.45) is 5.08. The standard InChI is InChI=1S/C10H12N4O/c1-2-15-10-9(6-8(11)7-12-10)14-5-3-4-13-14/h3-7H,2,11H2,1H3. The van der Waals surface area contributed by atoms with E-state index in [1.807, 2.05) is 19.2 Å². The molecule has 0 aromatic carbocycles. The fraction of sp³-hybridized carbons (Fsp3) is 0.200. The summed E-state index contributed by atoms with van der Waals surface area (Å²) in [5.74, 6) is 0.537. The van der Waals surface area contributed by atoms with Crippen molar-refractivity contribution in [1.29, 1.82) is 0 Å². The normalized spacial score (nSPS) is 10.2. The monoisotopic (exact) mass is 204 g/mol. The second kappa shape index (κ2) is 4.00. The van der Waals surface area contributed by atoms with E-state index in [0.29, 0.717) is 18.2 Å². The van der Waals surface area contributed by atoms with Crippen LogP contribution >= 0.6 is 0 Å². The Labute approximate surface area is 87.5 Å². The van der Waals surface area contributed by atoms with Gasteiger partial charge in [-0.3, -0.25) is 0 Å². The van der Waals surface area contributed by atoms with Crippen LogP contribution in [0.2, 0.25) is 0 Å². The van der Waals surface area contributed by atoms with Gasteiger partial charge in [0.25, 0.3) is 0 Å². The summed E-state index contributed by atoms with van der Waals surface area (Å²) in [6, 6.07) is 3.61. The Hall–Kier alpha value is -2.04. The molecule has 0 bridgehead atoms. The van der Waals surface area contributed by atoms with Crippen molar-refractivity contribution in [3.63, 3.8) is 0 Å². The lowest BCUT2D eigenvalue weighted by molar-refractivity contribution is 0.325. The first-order chi connectivity index (χ1) is 7.31. The average molecular weight is 204 g/mol. The highest BCUT2D eigenvalue weighted by Gasteiger charge is 2.07. The fourth-order valence-electron chi connectivity index (χ4n) is 1.28. The summed E-state index contributed by atoms with van der Waals surface area (Å²) in [5.41, 5.74) is 7.01. The summed E-state index contributed by atoms with van der Waals surface area (Å²) in [6.45, 7) is 2.47. The Kier molecular flexibility index (Phi) is 2.53. The van der Waals surface area contributed by atoms with Gasteiger partial charge in [-0.2, -0.15) is 5.10 Å². The molecule has 2 aromatic rings. The quantitative estimate of drug-likeness (QED) is 0.817. The molecule has 2 heterocycles. The number of nitrogens with two attached hydrogens (primary N) is 1. The Morgan fingerprint density at radius 1 is 1.53 bits per heavy atom.